The van der Waals surface area contributed by atoms with Crippen LogP contribution in [0.5, 0.6) is 0 Å². The van der Waals surface area contributed by atoms with Crippen molar-refractivity contribution in [1.29, 1.82) is 0 Å². The van der Waals surface area contributed by atoms with Gasteiger partial charge in [-0.3, -0.25) is 0 Å². The van der Waals surface area contributed by atoms with Crippen LogP contribution in [0.15, 0.2) is 121 Å². The molecule has 1 aliphatic carbocycles. The molecule has 0 atom stereocenters. The number of para-hydroxylation sites is 1. The van der Waals surface area contributed by atoms with E-state index in [9.17, 15) is 9.59 Å². The molecule has 39 heavy (non-hydrogen) atoms. The molecule has 4 heteroatoms. The average molecular weight is 569 g/mol. The van der Waals surface area contributed by atoms with E-state index in [1.807, 2.05) is 48.5 Å². The van der Waals surface area contributed by atoms with Crippen LogP contribution in [0.2, 0.25) is 0 Å². The predicted octanol–water partition coefficient (Wildman–Crippen LogP) is 8.29. The summed E-state index contributed by atoms with van der Waals surface area (Å²) in [7, 11) is 0. The fourth-order valence-corrected chi connectivity index (χ4v) is 7.48. The molecule has 0 N–H and O–H groups in total. The molecule has 5 aromatic carbocycles. The van der Waals surface area contributed by atoms with Crippen LogP contribution in [-0.2, 0) is 0 Å². The van der Waals surface area contributed by atoms with Crippen molar-refractivity contribution in [2.24, 2.45) is 0 Å². The third-order valence-electron chi connectivity index (χ3n) is 7.36. The number of aryl methyl sites for hydroxylation is 1. The first-order valence-corrected chi connectivity index (χ1v) is 14.6. The molecule has 0 amide bonds. The first-order chi connectivity index (χ1) is 19.1. The van der Waals surface area contributed by atoms with E-state index < -0.39 is 0 Å². The van der Waals surface area contributed by atoms with Gasteiger partial charge in [0, 0.05) is 0 Å². The van der Waals surface area contributed by atoms with Gasteiger partial charge in [-0.1, -0.05) is 0 Å². The van der Waals surface area contributed by atoms with E-state index >= 15 is 0 Å². The van der Waals surface area contributed by atoms with Crippen LogP contribution in [0, 0.1) is 6.92 Å². The molecule has 0 saturated heterocycles. The van der Waals surface area contributed by atoms with Gasteiger partial charge in [0.15, 0.2) is 0 Å². The number of nitrogens with zero attached hydrogens (tertiary/aromatic N) is 1. The molecule has 0 unspecified atom stereocenters. The zero-order valence-corrected chi connectivity index (χ0v) is 22.9. The van der Waals surface area contributed by atoms with E-state index in [0.29, 0.717) is 11.1 Å². The molecule has 1 aromatic heterocycles. The zero-order chi connectivity index (χ0) is 26.5. The first kappa shape index (κ1) is 23.6. The Morgan fingerprint density at radius 1 is 0.641 bits per heavy atom. The van der Waals surface area contributed by atoms with Crippen LogP contribution in [-0.4, -0.2) is 26.1 Å². The topological polar surface area (TPSA) is 37.4 Å². The number of ketones is 2. The number of fused-ring (bicyclic) bond motifs is 3. The molecule has 186 valence electrons. The first-order valence-electron chi connectivity index (χ1n) is 12.9. The molecule has 0 saturated carbocycles. The van der Waals surface area contributed by atoms with Gasteiger partial charge in [-0.15, -0.1) is 0 Å². The molecule has 0 aliphatic heterocycles. The number of carbonyl (C=O) groups is 2. The van der Waals surface area contributed by atoms with Crippen LogP contribution in [0.1, 0.15) is 30.7 Å². The molecule has 0 spiro atoms. The summed E-state index contributed by atoms with van der Waals surface area (Å²) in [5.41, 5.74) is 4.69. The van der Waals surface area contributed by atoms with Crippen LogP contribution >= 0.6 is 0 Å². The molecule has 0 bridgehead atoms. The van der Waals surface area contributed by atoms with Crippen molar-refractivity contribution in [2.45, 2.75) is 6.92 Å². The van der Waals surface area contributed by atoms with Crippen LogP contribution < -0.4 is 4.90 Å². The van der Waals surface area contributed by atoms with Crippen LogP contribution in [0.25, 0.3) is 27.6 Å². The quantitative estimate of drug-likeness (QED) is 0.122. The Morgan fingerprint density at radius 2 is 1.26 bits per heavy atom. The normalized spacial score (nSPS) is 12.8. The van der Waals surface area contributed by atoms with E-state index in [-0.39, 0.29) is 31.6 Å². The van der Waals surface area contributed by atoms with Crippen molar-refractivity contribution in [3.63, 3.8) is 0 Å². The number of Topliss-reactive ketones (excluding diaryl/α,β-unsaturated/α-hetero) is 2. The van der Waals surface area contributed by atoms with Gasteiger partial charge in [-0.2, -0.15) is 0 Å². The monoisotopic (exact) mass is 569 g/mol. The van der Waals surface area contributed by atoms with Gasteiger partial charge in [0.05, 0.1) is 0 Å². The van der Waals surface area contributed by atoms with E-state index in [1.54, 1.807) is 0 Å². The number of anilines is 3. The molecular formula is C35H23NO2Se. The Bertz CT molecular complexity index is 1910. The summed E-state index contributed by atoms with van der Waals surface area (Å²) in [5.74, 6) is -0.370. The van der Waals surface area contributed by atoms with Crippen molar-refractivity contribution in [2.75, 3.05) is 4.90 Å². The maximum absolute atomic E-state index is 13.3. The molecule has 7 rings (SSSR count). The zero-order valence-electron chi connectivity index (χ0n) is 21.2. The number of hydrogen-bond acceptors (Lipinski definition) is 3. The third-order valence-corrected chi connectivity index (χ3v) is 9.49. The number of allylic oxidation sites excluding steroid dienone is 1. The second-order valence-electron chi connectivity index (χ2n) is 9.76. The molecular weight excluding hydrogens is 545 g/mol. The molecule has 1 heterocycles. The molecule has 6 aromatic rings. The van der Waals surface area contributed by atoms with Gasteiger partial charge in [-0.25, -0.2) is 0 Å². The van der Waals surface area contributed by atoms with Crippen LogP contribution in [0.3, 0.4) is 0 Å². The van der Waals surface area contributed by atoms with Gasteiger partial charge in [0.25, 0.3) is 0 Å². The number of hydrogen-bond donors (Lipinski definition) is 0. The van der Waals surface area contributed by atoms with Gasteiger partial charge < -0.3 is 0 Å². The summed E-state index contributed by atoms with van der Waals surface area (Å²) in [6.07, 6.45) is 1.81. The Kier molecular flexibility index (Phi) is 5.66. The standard InChI is InChI=1S/C35H23NO2Se/c1-22-15-17-32(28-14-8-7-13-27(22)28)36(25-11-3-2-4-12-25)33-18-16-26(39-33)21-31-34(37)29-19-23-9-5-6-10-24(23)20-30(29)35(31)38/h2-21H,1H3. The summed E-state index contributed by atoms with van der Waals surface area (Å²) >= 11 is -0.102. The summed E-state index contributed by atoms with van der Waals surface area (Å²) in [5, 5.41) is 4.35. The Morgan fingerprint density at radius 3 is 1.95 bits per heavy atom. The SMILES string of the molecule is Cc1ccc(N(c2ccccc2)c2ccc(C=C3C(=O)c4cc5ccccc5cc4C3=O)[se]2)c2ccccc12. The second-order valence-corrected chi connectivity index (χ2v) is 12.1. The van der Waals surface area contributed by atoms with E-state index in [1.165, 1.54) is 16.3 Å². The van der Waals surface area contributed by atoms with E-state index in [2.05, 4.69) is 84.6 Å². The third kappa shape index (κ3) is 3.97. The predicted molar refractivity (Wildman–Crippen MR) is 161 cm³/mol. The van der Waals surface area contributed by atoms with Gasteiger partial charge >= 0.3 is 233 Å². The van der Waals surface area contributed by atoms with E-state index in [4.69, 9.17) is 0 Å². The molecule has 0 radical (unpaired) electrons. The van der Waals surface area contributed by atoms with Crippen molar-refractivity contribution in [3.8, 4) is 0 Å². The molecule has 0 fully saturated rings. The minimum atomic E-state index is -0.185. The number of benzene rings is 5. The van der Waals surface area contributed by atoms with Gasteiger partial charge in [0.2, 0.25) is 0 Å². The Balaban J connectivity index is 1.32. The van der Waals surface area contributed by atoms with E-state index in [0.717, 1.165) is 31.1 Å². The second kappa shape index (κ2) is 9.36. The van der Waals surface area contributed by atoms with Crippen molar-refractivity contribution in [1.82, 2.24) is 0 Å². The number of carbonyl (C=O) groups excluding carboxylic acids is 2. The van der Waals surface area contributed by atoms with Gasteiger partial charge in [0.1, 0.15) is 0 Å². The fraction of sp³-hybridized carbons (Fsp3) is 0.0286. The Hall–Kier alpha value is -4.50. The summed E-state index contributed by atoms with van der Waals surface area (Å²) in [6.45, 7) is 2.14. The fourth-order valence-electron chi connectivity index (χ4n) is 5.41. The molecule has 1 aliphatic rings. The average Bonchev–Trinajstić information content (AvgIpc) is 3.52. The van der Waals surface area contributed by atoms with Gasteiger partial charge in [-0.05, 0) is 0 Å². The molecule has 3 nitrogen and oxygen atoms in total. The van der Waals surface area contributed by atoms with Crippen molar-refractivity contribution in [3.05, 3.63) is 142 Å². The Labute approximate surface area is 232 Å². The van der Waals surface area contributed by atoms with Crippen molar-refractivity contribution < 1.29 is 9.59 Å². The maximum atomic E-state index is 13.3. The minimum absolute atomic E-state index is 0.102. The summed E-state index contributed by atoms with van der Waals surface area (Å²) in [6, 6.07) is 38.9. The summed E-state index contributed by atoms with van der Waals surface area (Å²) < 4.78 is 2.15. The van der Waals surface area contributed by atoms with Crippen LogP contribution in [0.4, 0.5) is 15.9 Å². The number of rotatable bonds is 4. The van der Waals surface area contributed by atoms with Crippen molar-refractivity contribution >= 4 is 69.6 Å². The summed E-state index contributed by atoms with van der Waals surface area (Å²) in [4.78, 5) is 29.0.